The largest absolute Gasteiger partial charge is 0.487 e. The van der Waals surface area contributed by atoms with E-state index in [1.807, 2.05) is 6.07 Å². The quantitative estimate of drug-likeness (QED) is 0.0930. The number of imidazole rings is 2. The highest BCUT2D eigenvalue weighted by molar-refractivity contribution is 7.91. The molecule has 0 amide bonds. The molecule has 0 aliphatic heterocycles. The van der Waals surface area contributed by atoms with Crippen molar-refractivity contribution in [3.8, 4) is 21.5 Å². The summed E-state index contributed by atoms with van der Waals surface area (Å²) in [6, 6.07) is 44.5. The SMILES string of the molecule is O=C(O)c1sc(-n2cnc3cc(Cl)ccc32)cc1OCc1ccccc1CS(=O)(=O)c1ccccc1.O=C(O)c1sc(-n2cnc3ccc(Cl)cc32)cc1OCc1ccccc1CS(=O)(=O)c1ccccc1. The van der Waals surface area contributed by atoms with Crippen LogP contribution in [0, 0.1) is 0 Å². The molecule has 0 saturated heterocycles. The van der Waals surface area contributed by atoms with E-state index in [1.54, 1.807) is 173 Å². The zero-order chi connectivity index (χ0) is 50.6. The van der Waals surface area contributed by atoms with Gasteiger partial charge in [0, 0.05) is 22.2 Å². The second kappa shape index (κ2) is 21.2. The van der Waals surface area contributed by atoms with Gasteiger partial charge in [-0.25, -0.2) is 36.4 Å². The zero-order valence-corrected chi connectivity index (χ0v) is 42.1. The first-order valence-electron chi connectivity index (χ1n) is 21.6. The fraction of sp³-hybridized carbons (Fsp3) is 0.0769. The maximum Gasteiger partial charge on any atom is 0.349 e. The first kappa shape index (κ1) is 49.7. The van der Waals surface area contributed by atoms with E-state index in [-0.39, 0.29) is 55.8 Å². The number of sulfone groups is 2. The van der Waals surface area contributed by atoms with E-state index in [4.69, 9.17) is 32.7 Å². The molecule has 0 aliphatic carbocycles. The second-order valence-electron chi connectivity index (χ2n) is 15.9. The lowest BCUT2D eigenvalue weighted by atomic mass is 10.1. The number of carboxylic acid groups (broad SMARTS) is 2. The Labute approximate surface area is 430 Å². The molecule has 0 unspecified atom stereocenters. The third-order valence-electron chi connectivity index (χ3n) is 11.2. The summed E-state index contributed by atoms with van der Waals surface area (Å²) >= 11 is 14.3. The van der Waals surface area contributed by atoms with Crippen LogP contribution in [0.5, 0.6) is 11.5 Å². The van der Waals surface area contributed by atoms with Gasteiger partial charge in [0.15, 0.2) is 29.4 Å². The maximum atomic E-state index is 12.9. The number of fused-ring (bicyclic) bond motifs is 2. The average Bonchev–Trinajstić information content (AvgIpc) is 4.19. The van der Waals surface area contributed by atoms with Crippen LogP contribution in [-0.4, -0.2) is 58.1 Å². The van der Waals surface area contributed by atoms with Crippen LogP contribution in [0.3, 0.4) is 0 Å². The Morgan fingerprint density at radius 3 is 1.40 bits per heavy atom. The van der Waals surface area contributed by atoms with Gasteiger partial charge >= 0.3 is 11.9 Å². The van der Waals surface area contributed by atoms with E-state index in [0.29, 0.717) is 47.8 Å². The predicted molar refractivity (Wildman–Crippen MR) is 278 cm³/mol. The molecular formula is C52H38Cl2N4O10S4. The minimum Gasteiger partial charge on any atom is -0.487 e. The van der Waals surface area contributed by atoms with Crippen LogP contribution in [0.4, 0.5) is 0 Å². The molecule has 0 fully saturated rings. The van der Waals surface area contributed by atoms with Crippen molar-refractivity contribution < 1.29 is 46.1 Å². The van der Waals surface area contributed by atoms with Gasteiger partial charge in [-0.15, -0.1) is 22.7 Å². The van der Waals surface area contributed by atoms with Crippen LogP contribution in [0.25, 0.3) is 32.1 Å². The molecule has 364 valence electrons. The molecule has 4 aromatic heterocycles. The number of rotatable bonds is 16. The number of hydrogen-bond donors (Lipinski definition) is 2. The van der Waals surface area contributed by atoms with Crippen molar-refractivity contribution in [2.45, 2.75) is 34.5 Å². The smallest absolute Gasteiger partial charge is 0.349 e. The maximum absolute atomic E-state index is 12.9. The third kappa shape index (κ3) is 11.1. The van der Waals surface area contributed by atoms with Crippen molar-refractivity contribution in [1.29, 1.82) is 0 Å². The number of nitrogens with zero attached hydrogens (tertiary/aromatic N) is 4. The van der Waals surface area contributed by atoms with E-state index in [2.05, 4.69) is 9.97 Å². The summed E-state index contributed by atoms with van der Waals surface area (Å²) in [4.78, 5) is 33.1. The van der Waals surface area contributed by atoms with Gasteiger partial charge in [-0.2, -0.15) is 0 Å². The molecule has 0 saturated carbocycles. The Balaban J connectivity index is 0.000000178. The third-order valence-corrected chi connectivity index (χ3v) is 17.2. The Morgan fingerprint density at radius 1 is 0.500 bits per heavy atom. The molecular weight excluding hydrogens is 1040 g/mol. The lowest BCUT2D eigenvalue weighted by Crippen LogP contribution is -2.08. The van der Waals surface area contributed by atoms with Crippen molar-refractivity contribution in [3.05, 3.63) is 212 Å². The van der Waals surface area contributed by atoms with E-state index < -0.39 is 31.6 Å². The summed E-state index contributed by atoms with van der Waals surface area (Å²) in [5.74, 6) is -2.25. The lowest BCUT2D eigenvalue weighted by molar-refractivity contribution is 0.0686. The molecule has 4 heterocycles. The Bertz CT molecular complexity index is 3860. The first-order valence-corrected chi connectivity index (χ1v) is 27.3. The molecule has 0 atom stereocenters. The number of carboxylic acids is 2. The highest BCUT2D eigenvalue weighted by atomic mass is 35.5. The van der Waals surface area contributed by atoms with E-state index in [0.717, 1.165) is 39.2 Å². The lowest BCUT2D eigenvalue weighted by Gasteiger charge is -2.11. The summed E-state index contributed by atoms with van der Waals surface area (Å²) in [7, 11) is -7.12. The Kier molecular flexibility index (Phi) is 14.6. The van der Waals surface area contributed by atoms with Crippen molar-refractivity contribution >= 4 is 99.6 Å². The summed E-state index contributed by atoms with van der Waals surface area (Å²) in [5.41, 5.74) is 5.41. The predicted octanol–water partition coefficient (Wildman–Crippen LogP) is 12.0. The minimum absolute atomic E-state index is 0.00738. The van der Waals surface area contributed by atoms with Crippen LogP contribution in [-0.2, 0) is 44.4 Å². The van der Waals surface area contributed by atoms with Crippen molar-refractivity contribution in [2.24, 2.45) is 0 Å². The van der Waals surface area contributed by atoms with Crippen molar-refractivity contribution in [3.63, 3.8) is 0 Å². The molecule has 2 N–H and O–H groups in total. The average molecular weight is 1080 g/mol. The van der Waals surface area contributed by atoms with Gasteiger partial charge in [0.1, 0.15) is 47.4 Å². The van der Waals surface area contributed by atoms with Crippen LogP contribution in [0.15, 0.2) is 180 Å². The monoisotopic (exact) mass is 1080 g/mol. The fourth-order valence-electron chi connectivity index (χ4n) is 7.61. The molecule has 0 radical (unpaired) electrons. The molecule has 10 rings (SSSR count). The number of carbonyl (C=O) groups is 2. The molecule has 0 bridgehead atoms. The number of aromatic nitrogens is 4. The van der Waals surface area contributed by atoms with E-state index in [1.165, 1.54) is 0 Å². The van der Waals surface area contributed by atoms with Crippen LogP contribution >= 0.6 is 45.9 Å². The van der Waals surface area contributed by atoms with E-state index in [9.17, 15) is 36.6 Å². The number of thiophene rings is 2. The normalized spacial score (nSPS) is 11.6. The number of hydrogen-bond acceptors (Lipinski definition) is 12. The molecule has 0 spiro atoms. The topological polar surface area (TPSA) is 197 Å². The Morgan fingerprint density at radius 2 is 0.917 bits per heavy atom. The van der Waals surface area contributed by atoms with Crippen molar-refractivity contribution in [1.82, 2.24) is 19.1 Å². The highest BCUT2D eigenvalue weighted by Gasteiger charge is 2.23. The summed E-state index contributed by atoms with van der Waals surface area (Å²) in [5, 5.41) is 21.9. The van der Waals surface area contributed by atoms with Gasteiger partial charge in [0.05, 0.1) is 43.4 Å². The minimum atomic E-state index is -3.56. The summed E-state index contributed by atoms with van der Waals surface area (Å²) in [6.07, 6.45) is 3.21. The molecule has 72 heavy (non-hydrogen) atoms. The van der Waals surface area contributed by atoms with Gasteiger partial charge in [-0.3, -0.25) is 9.13 Å². The molecule has 0 aliphatic rings. The van der Waals surface area contributed by atoms with Crippen LogP contribution in [0.1, 0.15) is 41.6 Å². The molecule has 20 heteroatoms. The fourth-order valence-corrected chi connectivity index (χ4v) is 12.7. The Hall–Kier alpha value is -7.32. The second-order valence-corrected chi connectivity index (χ2v) is 22.8. The molecule has 14 nitrogen and oxygen atoms in total. The van der Waals surface area contributed by atoms with Gasteiger partial charge in [0.2, 0.25) is 0 Å². The summed E-state index contributed by atoms with van der Waals surface area (Å²) < 4.78 is 67.0. The molecule has 6 aromatic carbocycles. The van der Waals surface area contributed by atoms with E-state index >= 15 is 0 Å². The first-order chi connectivity index (χ1) is 34.6. The summed E-state index contributed by atoms with van der Waals surface area (Å²) in [6.45, 7) is 0.0185. The molecule has 10 aromatic rings. The van der Waals surface area contributed by atoms with Crippen LogP contribution < -0.4 is 9.47 Å². The van der Waals surface area contributed by atoms with Gasteiger partial charge in [0.25, 0.3) is 0 Å². The standard InChI is InChI=1S/2C26H19ClN2O5S2/c27-19-10-11-22-21(12-19)28-16-29(22)24-13-23(25(35-24)26(30)31)34-14-17-6-4-5-7-18(17)15-36(32,33)20-8-2-1-3-9-20;27-19-10-11-21-22(12-19)29(16-28-21)24-13-23(25(35-24)26(30)31)34-14-17-6-4-5-7-18(17)15-36(32,33)20-8-2-1-3-9-20/h2*1-13,16H,14-15H2,(H,30,31). The number of ether oxygens (including phenoxy) is 2. The highest BCUT2D eigenvalue weighted by Crippen LogP contribution is 2.37. The van der Waals surface area contributed by atoms with Crippen LogP contribution in [0.2, 0.25) is 10.0 Å². The number of benzene rings is 6. The zero-order valence-electron chi connectivity index (χ0n) is 37.3. The number of aromatic carboxylic acids is 2. The number of halogens is 2. The van der Waals surface area contributed by atoms with Crippen molar-refractivity contribution in [2.75, 3.05) is 0 Å². The van der Waals surface area contributed by atoms with Gasteiger partial charge < -0.3 is 19.7 Å². The van der Waals surface area contributed by atoms with Gasteiger partial charge in [-0.05, 0) is 82.9 Å². The van der Waals surface area contributed by atoms with Gasteiger partial charge in [-0.1, -0.05) is 108 Å².